The van der Waals surface area contributed by atoms with Gasteiger partial charge in [-0.2, -0.15) is 0 Å². The molecule has 3 aromatic carbocycles. The highest BCUT2D eigenvalue weighted by molar-refractivity contribution is 8.00. The molecule has 8 rings (SSSR count). The lowest BCUT2D eigenvalue weighted by atomic mass is 9.68. The number of amides is 3. The molecule has 2 bridgehead atoms. The Bertz CT molecular complexity index is 2050. The second-order valence-electron chi connectivity index (χ2n) is 12.7. The van der Waals surface area contributed by atoms with Gasteiger partial charge >= 0.3 is 10.8 Å². The number of aromatic nitrogens is 1. The van der Waals surface area contributed by atoms with Crippen LogP contribution in [0, 0.1) is 29.6 Å². The highest BCUT2D eigenvalue weighted by Gasteiger charge is 2.69. The molecule has 49 heavy (non-hydrogen) atoms. The van der Waals surface area contributed by atoms with E-state index >= 15 is 0 Å². The zero-order chi connectivity index (χ0) is 34.0. The molecule has 7 atom stereocenters. The number of esters is 1. The SMILES string of the molecule is CCOC(=O)c1ccc(NC(=O)COc2cccc([C@H]3c4sc(=O)[nH]c4SC4C3[C@H]3C[C@@H]4C4C(=O)N(c5ccc(Cl)cc5)C(=O)C43)c2)cc1. The zero-order valence-electron chi connectivity index (χ0n) is 26.1. The lowest BCUT2D eigenvalue weighted by Crippen LogP contribution is -2.42. The second kappa shape index (κ2) is 12.5. The average molecular weight is 716 g/mol. The van der Waals surface area contributed by atoms with Crippen molar-refractivity contribution in [3.05, 3.63) is 103 Å². The maximum Gasteiger partial charge on any atom is 0.338 e. The fraction of sp³-hybridized carbons (Fsp3) is 0.306. The van der Waals surface area contributed by atoms with Crippen molar-refractivity contribution in [2.24, 2.45) is 29.6 Å². The van der Waals surface area contributed by atoms with Crippen molar-refractivity contribution < 1.29 is 28.7 Å². The lowest BCUT2D eigenvalue weighted by molar-refractivity contribution is -0.123. The number of imide groups is 1. The number of carbonyl (C=O) groups excluding carboxylic acids is 4. The van der Waals surface area contributed by atoms with Crippen LogP contribution in [0.2, 0.25) is 5.02 Å². The molecule has 13 heteroatoms. The Kier molecular flexibility index (Phi) is 8.12. The fourth-order valence-corrected chi connectivity index (χ4v) is 11.3. The maximum absolute atomic E-state index is 14.0. The predicted molar refractivity (Wildman–Crippen MR) is 185 cm³/mol. The van der Waals surface area contributed by atoms with Gasteiger partial charge < -0.3 is 19.8 Å². The molecule has 1 aromatic heterocycles. The Balaban J connectivity index is 1.03. The second-order valence-corrected chi connectivity index (χ2v) is 15.3. The van der Waals surface area contributed by atoms with Crippen LogP contribution in [0.3, 0.4) is 0 Å². The lowest BCUT2D eigenvalue weighted by Gasteiger charge is -2.43. The van der Waals surface area contributed by atoms with E-state index in [9.17, 15) is 24.0 Å². The van der Waals surface area contributed by atoms with Crippen molar-refractivity contribution in [2.45, 2.75) is 29.5 Å². The first kappa shape index (κ1) is 31.9. The smallest absolute Gasteiger partial charge is 0.338 e. The minimum Gasteiger partial charge on any atom is -0.484 e. The van der Waals surface area contributed by atoms with Crippen molar-refractivity contribution in [2.75, 3.05) is 23.4 Å². The number of hydrogen-bond donors (Lipinski definition) is 2. The third kappa shape index (κ3) is 5.46. The predicted octanol–water partition coefficient (Wildman–Crippen LogP) is 5.96. The van der Waals surface area contributed by atoms with E-state index in [0.717, 1.165) is 21.9 Å². The third-order valence-corrected chi connectivity index (χ3v) is 12.9. The van der Waals surface area contributed by atoms with Crippen LogP contribution in [0.4, 0.5) is 11.4 Å². The molecule has 10 nitrogen and oxygen atoms in total. The van der Waals surface area contributed by atoms with E-state index in [2.05, 4.69) is 10.3 Å². The number of nitrogens with zero attached hydrogens (tertiary/aromatic N) is 1. The molecule has 0 radical (unpaired) electrons. The molecule has 2 N–H and O–H groups in total. The largest absolute Gasteiger partial charge is 0.484 e. The van der Waals surface area contributed by atoms with Gasteiger partial charge in [0, 0.05) is 26.8 Å². The fourth-order valence-electron chi connectivity index (χ4n) is 8.28. The van der Waals surface area contributed by atoms with Crippen LogP contribution in [0.15, 0.2) is 82.6 Å². The number of benzene rings is 3. The van der Waals surface area contributed by atoms with Crippen LogP contribution < -0.4 is 19.8 Å². The molecule has 4 unspecified atom stereocenters. The van der Waals surface area contributed by atoms with E-state index in [1.165, 1.54) is 16.2 Å². The molecule has 2 aliphatic carbocycles. The molecular weight excluding hydrogens is 686 g/mol. The number of rotatable bonds is 8. The minimum absolute atomic E-state index is 0.00714. The summed E-state index contributed by atoms with van der Waals surface area (Å²) in [6.07, 6.45) is 0.774. The summed E-state index contributed by atoms with van der Waals surface area (Å²) >= 11 is 8.90. The molecule has 4 aromatic rings. The van der Waals surface area contributed by atoms with E-state index in [0.29, 0.717) is 27.7 Å². The Morgan fingerprint density at radius 3 is 2.45 bits per heavy atom. The van der Waals surface area contributed by atoms with Gasteiger partial charge in [-0.15, -0.1) is 11.8 Å². The number of carbonyl (C=O) groups is 4. The van der Waals surface area contributed by atoms with Crippen molar-refractivity contribution >= 4 is 69.8 Å². The zero-order valence-corrected chi connectivity index (χ0v) is 28.5. The Morgan fingerprint density at radius 1 is 0.980 bits per heavy atom. The summed E-state index contributed by atoms with van der Waals surface area (Å²) in [5.74, 6) is -1.68. The summed E-state index contributed by atoms with van der Waals surface area (Å²) in [7, 11) is 0. The maximum atomic E-state index is 14.0. The van der Waals surface area contributed by atoms with Gasteiger partial charge in [-0.25, -0.2) is 4.79 Å². The first-order chi connectivity index (χ1) is 23.7. The third-order valence-electron chi connectivity index (χ3n) is 10.1. The van der Waals surface area contributed by atoms with Crippen LogP contribution >= 0.6 is 34.7 Å². The van der Waals surface area contributed by atoms with Crippen molar-refractivity contribution in [3.8, 4) is 5.75 Å². The van der Waals surface area contributed by atoms with E-state index in [1.807, 2.05) is 18.2 Å². The molecule has 250 valence electrons. The van der Waals surface area contributed by atoms with E-state index in [-0.39, 0.29) is 64.7 Å². The number of anilines is 2. The van der Waals surface area contributed by atoms with Crippen LogP contribution in [-0.4, -0.2) is 47.1 Å². The van der Waals surface area contributed by atoms with Crippen molar-refractivity contribution in [1.82, 2.24) is 4.98 Å². The Hall–Kier alpha value is -4.39. The van der Waals surface area contributed by atoms with Crippen LogP contribution in [0.5, 0.6) is 5.75 Å². The number of ether oxygens (including phenoxy) is 2. The quantitative estimate of drug-likeness (QED) is 0.169. The van der Waals surface area contributed by atoms with E-state index in [4.69, 9.17) is 21.1 Å². The number of aromatic amines is 1. The normalized spacial score (nSPS) is 26.2. The number of thiazole rings is 1. The summed E-state index contributed by atoms with van der Waals surface area (Å²) in [6, 6.07) is 20.7. The molecule has 4 aliphatic rings. The number of halogens is 1. The first-order valence-corrected chi connectivity index (χ1v) is 18.1. The topological polar surface area (TPSA) is 135 Å². The molecular formula is C36H30ClN3O7S2. The molecule has 1 saturated heterocycles. The van der Waals surface area contributed by atoms with Crippen LogP contribution in [-0.2, 0) is 19.1 Å². The van der Waals surface area contributed by atoms with Gasteiger partial charge in [-0.05, 0) is 97.3 Å². The molecule has 3 fully saturated rings. The van der Waals surface area contributed by atoms with Crippen LogP contribution in [0.1, 0.15) is 40.1 Å². The van der Waals surface area contributed by atoms with Gasteiger partial charge in [0.15, 0.2) is 6.61 Å². The molecule has 2 saturated carbocycles. The number of fused-ring (bicyclic) bond motifs is 9. The molecule has 0 spiro atoms. The first-order valence-electron chi connectivity index (χ1n) is 16.0. The van der Waals surface area contributed by atoms with Gasteiger partial charge in [0.1, 0.15) is 5.75 Å². The molecule has 2 aliphatic heterocycles. The number of thioether (sulfide) groups is 1. The number of hydrogen-bond acceptors (Lipinski definition) is 9. The summed E-state index contributed by atoms with van der Waals surface area (Å²) in [5.41, 5.74) is 2.36. The van der Waals surface area contributed by atoms with E-state index < -0.39 is 17.8 Å². The van der Waals surface area contributed by atoms with E-state index in [1.54, 1.807) is 73.3 Å². The van der Waals surface area contributed by atoms with Crippen molar-refractivity contribution in [1.29, 1.82) is 0 Å². The number of H-pyrrole nitrogens is 1. The van der Waals surface area contributed by atoms with Gasteiger partial charge in [-0.3, -0.25) is 24.1 Å². The van der Waals surface area contributed by atoms with Gasteiger partial charge in [0.25, 0.3) is 5.91 Å². The highest BCUT2D eigenvalue weighted by Crippen LogP contribution is 2.68. The molecule has 3 heterocycles. The summed E-state index contributed by atoms with van der Waals surface area (Å²) in [5, 5.41) is 4.16. The highest BCUT2D eigenvalue weighted by atomic mass is 35.5. The standard InChI is InChI=1S/C36H30ClN3O7S2/c1-2-46-35(44)17-6-10-20(11-7-17)38-25(41)16-47-22-5-3-4-18(14-22)26-27-23-15-24(30(27)48-32-31(26)49-36(45)39-32)29-28(23)33(42)40(34(29)43)21-12-8-19(37)9-13-21/h3-14,23-24,26-30H,2,15-16H2,1H3,(H,38,41)(H,39,45)/t23-,24-,26-,27?,28?,29?,30?/m1/s1. The number of nitrogens with one attached hydrogen (secondary N) is 2. The summed E-state index contributed by atoms with van der Waals surface area (Å²) in [6.45, 7) is 1.76. The summed E-state index contributed by atoms with van der Waals surface area (Å²) in [4.78, 5) is 70.3. The van der Waals surface area contributed by atoms with Gasteiger partial charge in [0.2, 0.25) is 11.8 Å². The minimum atomic E-state index is -0.431. The van der Waals surface area contributed by atoms with Crippen molar-refractivity contribution in [3.63, 3.8) is 0 Å². The summed E-state index contributed by atoms with van der Waals surface area (Å²) < 4.78 is 10.9. The monoisotopic (exact) mass is 715 g/mol. The average Bonchev–Trinajstić information content (AvgIpc) is 3.83. The van der Waals surface area contributed by atoms with Gasteiger partial charge in [0.05, 0.1) is 34.7 Å². The Labute approximate surface area is 294 Å². The van der Waals surface area contributed by atoms with Gasteiger partial charge in [-0.1, -0.05) is 35.1 Å². The molecule has 3 amide bonds. The van der Waals surface area contributed by atoms with Crippen LogP contribution in [0.25, 0.3) is 0 Å². The Morgan fingerprint density at radius 2 is 1.71 bits per heavy atom.